The minimum Gasteiger partial charge on any atom is -0.492 e. The second kappa shape index (κ2) is 8.67. The molecule has 1 aliphatic heterocycles. The maximum atomic E-state index is 12.3. The van der Waals surface area contributed by atoms with Gasteiger partial charge in [-0.05, 0) is 43.6 Å². The summed E-state index contributed by atoms with van der Waals surface area (Å²) in [6, 6.07) is 18.4. The lowest BCUT2D eigenvalue weighted by molar-refractivity contribution is -0.126. The van der Waals surface area contributed by atoms with Crippen LogP contribution < -0.4 is 10.1 Å². The van der Waals surface area contributed by atoms with E-state index in [1.165, 1.54) is 5.56 Å². The van der Waals surface area contributed by atoms with E-state index in [4.69, 9.17) is 4.74 Å². The molecule has 1 unspecified atom stereocenters. The van der Waals surface area contributed by atoms with E-state index < -0.39 is 0 Å². The van der Waals surface area contributed by atoms with Gasteiger partial charge in [-0.2, -0.15) is 0 Å². The molecule has 25 heavy (non-hydrogen) atoms. The maximum absolute atomic E-state index is 12.3. The number of carbonyl (C=O) groups excluding carboxylic acids is 1. The SMILES string of the molecule is CN(CCCNC(=O)C1COc2ccccc2C1)Cc1ccccc1. The average molecular weight is 338 g/mol. The number of ether oxygens (including phenoxy) is 1. The molecule has 0 saturated heterocycles. The van der Waals surface area contributed by atoms with Crippen molar-refractivity contribution in [2.75, 3.05) is 26.7 Å². The monoisotopic (exact) mass is 338 g/mol. The molecule has 2 aromatic carbocycles. The highest BCUT2D eigenvalue weighted by Crippen LogP contribution is 2.26. The van der Waals surface area contributed by atoms with Gasteiger partial charge in [-0.3, -0.25) is 4.79 Å². The van der Waals surface area contributed by atoms with Crippen molar-refractivity contribution in [3.8, 4) is 5.75 Å². The van der Waals surface area contributed by atoms with Crippen molar-refractivity contribution in [1.82, 2.24) is 10.2 Å². The van der Waals surface area contributed by atoms with Crippen LogP contribution in [0.25, 0.3) is 0 Å². The summed E-state index contributed by atoms with van der Waals surface area (Å²) in [5.74, 6) is 0.922. The number of nitrogens with zero attached hydrogens (tertiary/aromatic N) is 1. The molecule has 1 aliphatic rings. The smallest absolute Gasteiger partial charge is 0.226 e. The van der Waals surface area contributed by atoms with E-state index in [0.29, 0.717) is 13.2 Å². The fourth-order valence-corrected chi connectivity index (χ4v) is 3.18. The molecule has 2 aromatic rings. The Morgan fingerprint density at radius 3 is 2.76 bits per heavy atom. The Bertz CT molecular complexity index is 687. The minimum absolute atomic E-state index is 0.0862. The van der Waals surface area contributed by atoms with Gasteiger partial charge in [0.05, 0.1) is 5.92 Å². The van der Waals surface area contributed by atoms with E-state index in [0.717, 1.165) is 37.2 Å². The fourth-order valence-electron chi connectivity index (χ4n) is 3.18. The molecule has 1 heterocycles. The van der Waals surface area contributed by atoms with Crippen LogP contribution in [0.1, 0.15) is 17.5 Å². The number of fused-ring (bicyclic) bond motifs is 1. The lowest BCUT2D eigenvalue weighted by Crippen LogP contribution is -2.38. The van der Waals surface area contributed by atoms with Crippen LogP contribution in [0.15, 0.2) is 54.6 Å². The number of rotatable bonds is 7. The second-order valence-corrected chi connectivity index (χ2v) is 6.69. The van der Waals surface area contributed by atoms with Gasteiger partial charge in [0.1, 0.15) is 12.4 Å². The van der Waals surface area contributed by atoms with Crippen molar-refractivity contribution >= 4 is 5.91 Å². The first-order valence-corrected chi connectivity index (χ1v) is 8.93. The van der Waals surface area contributed by atoms with Crippen molar-refractivity contribution in [1.29, 1.82) is 0 Å². The van der Waals surface area contributed by atoms with E-state index in [1.54, 1.807) is 0 Å². The summed E-state index contributed by atoms with van der Waals surface area (Å²) in [6.07, 6.45) is 1.70. The average Bonchev–Trinajstić information content (AvgIpc) is 2.65. The number of benzene rings is 2. The van der Waals surface area contributed by atoms with Crippen LogP contribution in [-0.2, 0) is 17.8 Å². The van der Waals surface area contributed by atoms with Crippen molar-refractivity contribution in [2.24, 2.45) is 5.92 Å². The number of amides is 1. The van der Waals surface area contributed by atoms with Crippen LogP contribution in [0.2, 0.25) is 0 Å². The molecule has 3 rings (SSSR count). The number of hydrogen-bond acceptors (Lipinski definition) is 3. The van der Waals surface area contributed by atoms with Gasteiger partial charge in [0.15, 0.2) is 0 Å². The highest BCUT2D eigenvalue weighted by Gasteiger charge is 2.25. The first-order chi connectivity index (χ1) is 12.2. The van der Waals surface area contributed by atoms with Gasteiger partial charge in [-0.25, -0.2) is 0 Å². The van der Waals surface area contributed by atoms with Crippen LogP contribution in [0.5, 0.6) is 5.75 Å². The Kier molecular flexibility index (Phi) is 6.07. The quantitative estimate of drug-likeness (QED) is 0.789. The molecular weight excluding hydrogens is 312 g/mol. The Morgan fingerprint density at radius 1 is 1.16 bits per heavy atom. The maximum Gasteiger partial charge on any atom is 0.226 e. The van der Waals surface area contributed by atoms with Crippen LogP contribution in [0, 0.1) is 5.92 Å². The Hall–Kier alpha value is -2.33. The zero-order valence-corrected chi connectivity index (χ0v) is 14.8. The van der Waals surface area contributed by atoms with Crippen molar-refractivity contribution in [3.63, 3.8) is 0 Å². The third-order valence-corrected chi connectivity index (χ3v) is 4.56. The van der Waals surface area contributed by atoms with Crippen molar-refractivity contribution in [3.05, 3.63) is 65.7 Å². The lowest BCUT2D eigenvalue weighted by atomic mass is 9.96. The highest BCUT2D eigenvalue weighted by atomic mass is 16.5. The summed E-state index contributed by atoms with van der Waals surface area (Å²) >= 11 is 0. The summed E-state index contributed by atoms with van der Waals surface area (Å²) < 4.78 is 5.70. The van der Waals surface area contributed by atoms with E-state index >= 15 is 0 Å². The molecule has 0 saturated carbocycles. The molecule has 0 aromatic heterocycles. The van der Waals surface area contributed by atoms with Gasteiger partial charge in [-0.15, -0.1) is 0 Å². The van der Waals surface area contributed by atoms with Gasteiger partial charge in [-0.1, -0.05) is 48.5 Å². The van der Waals surface area contributed by atoms with Gasteiger partial charge in [0.25, 0.3) is 0 Å². The minimum atomic E-state index is -0.0862. The number of hydrogen-bond donors (Lipinski definition) is 1. The highest BCUT2D eigenvalue weighted by molar-refractivity contribution is 5.79. The van der Waals surface area contributed by atoms with Crippen LogP contribution >= 0.6 is 0 Å². The second-order valence-electron chi connectivity index (χ2n) is 6.69. The van der Waals surface area contributed by atoms with E-state index in [1.807, 2.05) is 30.3 Å². The third kappa shape index (κ3) is 5.07. The number of carbonyl (C=O) groups is 1. The molecule has 0 fully saturated rings. The van der Waals surface area contributed by atoms with Crippen molar-refractivity contribution < 1.29 is 9.53 Å². The Labute approximate surface area is 149 Å². The van der Waals surface area contributed by atoms with Gasteiger partial charge < -0.3 is 15.0 Å². The van der Waals surface area contributed by atoms with Crippen LogP contribution in [0.3, 0.4) is 0 Å². The molecule has 1 atom stereocenters. The summed E-state index contributed by atoms with van der Waals surface area (Å²) in [7, 11) is 2.11. The Balaban J connectivity index is 1.36. The standard InChI is InChI=1S/C21H26N2O2/c1-23(15-17-8-3-2-4-9-17)13-7-12-22-21(24)19-14-18-10-5-6-11-20(18)25-16-19/h2-6,8-11,19H,7,12-16H2,1H3,(H,22,24). The predicted octanol–water partition coefficient (Wildman–Crippen LogP) is 2.88. The molecule has 0 aliphatic carbocycles. The zero-order valence-electron chi connectivity index (χ0n) is 14.8. The molecule has 0 radical (unpaired) electrons. The van der Waals surface area contributed by atoms with Crippen LogP contribution in [-0.4, -0.2) is 37.6 Å². The molecular formula is C21H26N2O2. The largest absolute Gasteiger partial charge is 0.492 e. The Morgan fingerprint density at radius 2 is 1.92 bits per heavy atom. The predicted molar refractivity (Wildman–Crippen MR) is 99.5 cm³/mol. The molecule has 0 spiro atoms. The summed E-state index contributed by atoms with van der Waals surface area (Å²) in [5, 5.41) is 3.06. The first-order valence-electron chi connectivity index (χ1n) is 8.93. The summed E-state index contributed by atoms with van der Waals surface area (Å²) in [4.78, 5) is 14.6. The zero-order chi connectivity index (χ0) is 17.5. The normalized spacial score (nSPS) is 16.2. The number of nitrogens with one attached hydrogen (secondary N) is 1. The summed E-state index contributed by atoms with van der Waals surface area (Å²) in [5.41, 5.74) is 2.43. The first kappa shape index (κ1) is 17.5. The molecule has 1 N–H and O–H groups in total. The fraction of sp³-hybridized carbons (Fsp3) is 0.381. The van der Waals surface area contributed by atoms with Gasteiger partial charge >= 0.3 is 0 Å². The molecule has 4 nitrogen and oxygen atoms in total. The summed E-state index contributed by atoms with van der Waals surface area (Å²) in [6.45, 7) is 3.06. The van der Waals surface area contributed by atoms with Gasteiger partial charge in [0, 0.05) is 13.1 Å². The van der Waals surface area contributed by atoms with E-state index in [-0.39, 0.29) is 11.8 Å². The van der Waals surface area contributed by atoms with Gasteiger partial charge in [0.2, 0.25) is 5.91 Å². The molecule has 0 bridgehead atoms. The lowest BCUT2D eigenvalue weighted by Gasteiger charge is -2.24. The molecule has 1 amide bonds. The van der Waals surface area contributed by atoms with E-state index in [9.17, 15) is 4.79 Å². The topological polar surface area (TPSA) is 41.6 Å². The molecule has 132 valence electrons. The van der Waals surface area contributed by atoms with Crippen LogP contribution in [0.4, 0.5) is 0 Å². The third-order valence-electron chi connectivity index (χ3n) is 4.56. The number of para-hydroxylation sites is 1. The van der Waals surface area contributed by atoms with E-state index in [2.05, 4.69) is 41.5 Å². The van der Waals surface area contributed by atoms with Crippen molar-refractivity contribution in [2.45, 2.75) is 19.4 Å². The molecule has 4 heteroatoms.